The van der Waals surface area contributed by atoms with Gasteiger partial charge in [0.1, 0.15) is 6.04 Å². The molecule has 1 N–H and O–H groups in total. The Labute approximate surface area is 218 Å². The van der Waals surface area contributed by atoms with E-state index in [1.807, 2.05) is 78.9 Å². The first-order chi connectivity index (χ1) is 17.8. The van der Waals surface area contributed by atoms with E-state index in [1.165, 1.54) is 10.5 Å². The standard InChI is InChI=1S/C29H32N2O5S/c1-37(34,35)30-28(32)26-20-25(36-19-11-14-22-12-5-2-6-13-22)21-31(26)29(33)27(23-15-7-3-8-16-23)24-17-9-4-10-18-24/h2-10,12-13,15-18,25-27H,11,14,19-21H2,1H3,(H,30,32). The van der Waals surface area contributed by atoms with Gasteiger partial charge in [-0.25, -0.2) is 8.42 Å². The van der Waals surface area contributed by atoms with Crippen molar-refractivity contribution in [3.8, 4) is 0 Å². The molecule has 1 aliphatic rings. The monoisotopic (exact) mass is 520 g/mol. The Morgan fingerprint density at radius 3 is 2.00 bits per heavy atom. The number of hydrogen-bond donors (Lipinski definition) is 1. The fraction of sp³-hybridized carbons (Fsp3) is 0.310. The number of likely N-dealkylation sites (tertiary alicyclic amines) is 1. The minimum atomic E-state index is -3.78. The zero-order valence-corrected chi connectivity index (χ0v) is 21.6. The molecular formula is C29H32N2O5S. The first-order valence-corrected chi connectivity index (χ1v) is 14.3. The van der Waals surface area contributed by atoms with Gasteiger partial charge in [-0.1, -0.05) is 91.0 Å². The van der Waals surface area contributed by atoms with Crippen molar-refractivity contribution >= 4 is 21.8 Å². The van der Waals surface area contributed by atoms with Gasteiger partial charge in [-0.3, -0.25) is 14.3 Å². The van der Waals surface area contributed by atoms with Crippen LogP contribution in [0.2, 0.25) is 0 Å². The number of aryl methyl sites for hydroxylation is 1. The van der Waals surface area contributed by atoms with E-state index >= 15 is 0 Å². The molecule has 8 heteroatoms. The molecule has 2 amide bonds. The highest BCUT2D eigenvalue weighted by molar-refractivity contribution is 7.89. The highest BCUT2D eigenvalue weighted by Gasteiger charge is 2.43. The smallest absolute Gasteiger partial charge is 0.256 e. The van der Waals surface area contributed by atoms with E-state index in [2.05, 4.69) is 16.9 Å². The number of rotatable bonds is 10. The third-order valence-corrected chi connectivity index (χ3v) is 7.03. The molecule has 3 aromatic rings. The zero-order chi connectivity index (χ0) is 26.3. The molecular weight excluding hydrogens is 488 g/mol. The lowest BCUT2D eigenvalue weighted by Gasteiger charge is -2.28. The Bertz CT molecular complexity index is 1240. The molecule has 0 aromatic heterocycles. The number of nitrogens with one attached hydrogen (secondary N) is 1. The van der Waals surface area contributed by atoms with Crippen LogP contribution in [-0.4, -0.2) is 56.7 Å². The van der Waals surface area contributed by atoms with Gasteiger partial charge in [-0.15, -0.1) is 0 Å². The lowest BCUT2D eigenvalue weighted by atomic mass is 9.90. The van der Waals surface area contributed by atoms with Gasteiger partial charge in [0.05, 0.1) is 18.3 Å². The average Bonchev–Trinajstić information content (AvgIpc) is 3.32. The molecule has 0 spiro atoms. The highest BCUT2D eigenvalue weighted by Crippen LogP contribution is 2.31. The van der Waals surface area contributed by atoms with Crippen molar-refractivity contribution in [1.29, 1.82) is 0 Å². The highest BCUT2D eigenvalue weighted by atomic mass is 32.2. The molecule has 4 rings (SSSR count). The maximum Gasteiger partial charge on any atom is 0.256 e. The summed E-state index contributed by atoms with van der Waals surface area (Å²) in [7, 11) is -3.78. The molecule has 1 saturated heterocycles. The van der Waals surface area contributed by atoms with Gasteiger partial charge in [-0.2, -0.15) is 0 Å². The number of nitrogens with zero attached hydrogens (tertiary/aromatic N) is 1. The first-order valence-electron chi connectivity index (χ1n) is 12.4. The molecule has 2 atom stereocenters. The lowest BCUT2D eigenvalue weighted by Crippen LogP contribution is -2.48. The summed E-state index contributed by atoms with van der Waals surface area (Å²) < 4.78 is 31.8. The van der Waals surface area contributed by atoms with E-state index in [1.54, 1.807) is 0 Å². The van der Waals surface area contributed by atoms with Crippen LogP contribution in [0.3, 0.4) is 0 Å². The number of carbonyl (C=O) groups excluding carboxylic acids is 2. The number of benzene rings is 3. The number of carbonyl (C=O) groups is 2. The maximum absolute atomic E-state index is 14.0. The Hall–Kier alpha value is -3.49. The first kappa shape index (κ1) is 26.6. The average molecular weight is 521 g/mol. The van der Waals surface area contributed by atoms with Crippen LogP contribution in [0, 0.1) is 0 Å². The van der Waals surface area contributed by atoms with E-state index in [4.69, 9.17) is 4.74 Å². The summed E-state index contributed by atoms with van der Waals surface area (Å²) >= 11 is 0. The van der Waals surface area contributed by atoms with Crippen LogP contribution in [0.1, 0.15) is 35.4 Å². The molecule has 0 radical (unpaired) electrons. The van der Waals surface area contributed by atoms with Crippen molar-refractivity contribution in [2.45, 2.75) is 37.3 Å². The summed E-state index contributed by atoms with van der Waals surface area (Å²) in [5.74, 6) is -1.61. The molecule has 1 fully saturated rings. The summed E-state index contributed by atoms with van der Waals surface area (Å²) in [6, 6.07) is 27.9. The summed E-state index contributed by atoms with van der Waals surface area (Å²) in [4.78, 5) is 28.5. The number of hydrogen-bond acceptors (Lipinski definition) is 5. The summed E-state index contributed by atoms with van der Waals surface area (Å²) in [6.45, 7) is 0.686. The van der Waals surface area contributed by atoms with Crippen LogP contribution in [0.25, 0.3) is 0 Å². The molecule has 3 aromatic carbocycles. The normalized spacial score (nSPS) is 17.6. The van der Waals surface area contributed by atoms with Gasteiger partial charge in [-0.05, 0) is 29.5 Å². The number of sulfonamides is 1. The van der Waals surface area contributed by atoms with Gasteiger partial charge < -0.3 is 9.64 Å². The fourth-order valence-electron chi connectivity index (χ4n) is 4.77. The van der Waals surface area contributed by atoms with Crippen LogP contribution in [-0.2, 0) is 30.8 Å². The molecule has 0 saturated carbocycles. The molecule has 7 nitrogen and oxygen atoms in total. The van der Waals surface area contributed by atoms with Gasteiger partial charge in [0, 0.05) is 19.6 Å². The number of ether oxygens (including phenoxy) is 1. The van der Waals surface area contributed by atoms with Crippen molar-refractivity contribution in [2.75, 3.05) is 19.4 Å². The lowest BCUT2D eigenvalue weighted by molar-refractivity contribution is -0.138. The largest absolute Gasteiger partial charge is 0.376 e. The SMILES string of the molecule is CS(=O)(=O)NC(=O)C1CC(OCCCc2ccccc2)CN1C(=O)C(c1ccccc1)c1ccccc1. The van der Waals surface area contributed by atoms with Gasteiger partial charge in [0.2, 0.25) is 15.9 Å². The molecule has 37 heavy (non-hydrogen) atoms. The molecule has 194 valence electrons. The van der Waals surface area contributed by atoms with Crippen LogP contribution < -0.4 is 4.72 Å². The van der Waals surface area contributed by atoms with Gasteiger partial charge in [0.15, 0.2) is 0 Å². The molecule has 0 aliphatic carbocycles. The molecule has 0 bridgehead atoms. The van der Waals surface area contributed by atoms with Gasteiger partial charge in [0.25, 0.3) is 5.91 Å². The maximum atomic E-state index is 14.0. The quantitative estimate of drug-likeness (QED) is 0.413. The number of amides is 2. The minimum absolute atomic E-state index is 0.211. The second-order valence-electron chi connectivity index (χ2n) is 9.32. The summed E-state index contributed by atoms with van der Waals surface area (Å²) in [6.07, 6.45) is 2.45. The van der Waals surface area contributed by atoms with Crippen LogP contribution >= 0.6 is 0 Å². The Balaban J connectivity index is 1.53. The topological polar surface area (TPSA) is 92.8 Å². The predicted octanol–water partition coefficient (Wildman–Crippen LogP) is 3.51. The molecule has 1 aliphatic heterocycles. The van der Waals surface area contributed by atoms with E-state index in [9.17, 15) is 18.0 Å². The van der Waals surface area contributed by atoms with E-state index in [0.29, 0.717) is 6.61 Å². The summed E-state index contributed by atoms with van der Waals surface area (Å²) in [5, 5.41) is 0. The van der Waals surface area contributed by atoms with Gasteiger partial charge >= 0.3 is 0 Å². The fourth-order valence-corrected chi connectivity index (χ4v) is 5.27. The Morgan fingerprint density at radius 2 is 1.46 bits per heavy atom. The molecule has 2 unspecified atom stereocenters. The second kappa shape index (κ2) is 12.2. The molecule has 1 heterocycles. The van der Waals surface area contributed by atoms with Crippen molar-refractivity contribution in [3.63, 3.8) is 0 Å². The second-order valence-corrected chi connectivity index (χ2v) is 11.1. The summed E-state index contributed by atoms with van der Waals surface area (Å²) in [5.41, 5.74) is 2.81. The van der Waals surface area contributed by atoms with Crippen molar-refractivity contribution in [2.24, 2.45) is 0 Å². The van der Waals surface area contributed by atoms with Crippen LogP contribution in [0.15, 0.2) is 91.0 Å². The Morgan fingerprint density at radius 1 is 0.919 bits per heavy atom. The Kier molecular flexibility index (Phi) is 8.74. The van der Waals surface area contributed by atoms with Crippen LogP contribution in [0.5, 0.6) is 0 Å². The zero-order valence-electron chi connectivity index (χ0n) is 20.8. The van der Waals surface area contributed by atoms with Crippen molar-refractivity contribution < 1.29 is 22.7 Å². The van der Waals surface area contributed by atoms with Crippen molar-refractivity contribution in [3.05, 3.63) is 108 Å². The third kappa shape index (κ3) is 7.27. The minimum Gasteiger partial charge on any atom is -0.376 e. The third-order valence-electron chi connectivity index (χ3n) is 6.45. The van der Waals surface area contributed by atoms with Crippen LogP contribution in [0.4, 0.5) is 0 Å². The van der Waals surface area contributed by atoms with E-state index in [-0.39, 0.29) is 25.0 Å². The van der Waals surface area contributed by atoms with Crippen molar-refractivity contribution in [1.82, 2.24) is 9.62 Å². The van der Waals surface area contributed by atoms with E-state index < -0.39 is 27.9 Å². The van der Waals surface area contributed by atoms with E-state index in [0.717, 1.165) is 30.2 Å². The predicted molar refractivity (Wildman–Crippen MR) is 142 cm³/mol.